The summed E-state index contributed by atoms with van der Waals surface area (Å²) in [7, 11) is 0. The molecule has 94 valence electrons. The third kappa shape index (κ3) is 2.85. The lowest BCUT2D eigenvalue weighted by molar-refractivity contribution is 0.631. The molecule has 0 atom stereocenters. The molecule has 2 aromatic rings. The molecule has 1 aromatic heterocycles. The molecule has 0 saturated heterocycles. The van der Waals surface area contributed by atoms with Crippen molar-refractivity contribution in [2.24, 2.45) is 0 Å². The first-order valence-corrected chi connectivity index (χ1v) is 6.36. The Balaban J connectivity index is 2.40. The summed E-state index contributed by atoms with van der Waals surface area (Å²) in [5, 5.41) is 3.27. The van der Waals surface area contributed by atoms with Gasteiger partial charge in [0.25, 0.3) is 0 Å². The van der Waals surface area contributed by atoms with Crippen LogP contribution in [0.5, 0.6) is 0 Å². The second kappa shape index (κ2) is 5.30. The lowest BCUT2D eigenvalue weighted by Crippen LogP contribution is -2.00. The number of benzene rings is 1. The van der Waals surface area contributed by atoms with Crippen LogP contribution in [0.3, 0.4) is 0 Å². The van der Waals surface area contributed by atoms with E-state index in [-0.39, 0.29) is 27.4 Å². The molecule has 0 radical (unpaired) electrons. The van der Waals surface area contributed by atoms with Crippen molar-refractivity contribution < 1.29 is 4.39 Å². The van der Waals surface area contributed by atoms with Gasteiger partial charge in [-0.1, -0.05) is 39.1 Å². The number of anilines is 3. The average Bonchev–Trinajstić information content (AvgIpc) is 2.30. The van der Waals surface area contributed by atoms with Gasteiger partial charge >= 0.3 is 0 Å². The van der Waals surface area contributed by atoms with Gasteiger partial charge in [-0.2, -0.15) is 0 Å². The minimum absolute atomic E-state index is 0.124. The smallest absolute Gasteiger partial charge is 0.151 e. The van der Waals surface area contributed by atoms with Gasteiger partial charge in [0.2, 0.25) is 0 Å². The van der Waals surface area contributed by atoms with E-state index in [1.54, 1.807) is 12.1 Å². The first kappa shape index (κ1) is 13.4. The van der Waals surface area contributed by atoms with Crippen LogP contribution in [0.25, 0.3) is 0 Å². The molecule has 0 bridgehead atoms. The monoisotopic (exact) mass is 349 g/mol. The van der Waals surface area contributed by atoms with Gasteiger partial charge in [-0.25, -0.2) is 9.37 Å². The Labute approximate surface area is 121 Å². The van der Waals surface area contributed by atoms with E-state index in [2.05, 4.69) is 26.2 Å². The van der Waals surface area contributed by atoms with Crippen LogP contribution in [0, 0.1) is 5.82 Å². The Hall–Kier alpha value is -1.04. The Morgan fingerprint density at radius 2 is 1.94 bits per heavy atom. The number of pyridine rings is 1. The molecule has 0 unspecified atom stereocenters. The zero-order valence-corrected chi connectivity index (χ0v) is 11.9. The fourth-order valence-electron chi connectivity index (χ4n) is 1.29. The summed E-state index contributed by atoms with van der Waals surface area (Å²) >= 11 is 15.0. The summed E-state index contributed by atoms with van der Waals surface area (Å²) in [6.07, 6.45) is 0. The van der Waals surface area contributed by atoms with Crippen molar-refractivity contribution >= 4 is 56.5 Å². The van der Waals surface area contributed by atoms with Gasteiger partial charge in [0.15, 0.2) is 5.82 Å². The number of hydrogen-bond donors (Lipinski definition) is 2. The van der Waals surface area contributed by atoms with E-state index in [9.17, 15) is 4.39 Å². The molecule has 1 aromatic carbocycles. The predicted molar refractivity (Wildman–Crippen MR) is 76.1 cm³/mol. The number of nitrogens with zero attached hydrogens (tertiary/aromatic N) is 1. The molecular weight excluding hydrogens is 344 g/mol. The number of halogens is 4. The van der Waals surface area contributed by atoms with Crippen LogP contribution >= 0.6 is 39.1 Å². The van der Waals surface area contributed by atoms with Crippen molar-refractivity contribution in [2.75, 3.05) is 11.1 Å². The van der Waals surface area contributed by atoms with Gasteiger partial charge in [0.05, 0.1) is 15.7 Å². The first-order chi connectivity index (χ1) is 8.47. The summed E-state index contributed by atoms with van der Waals surface area (Å²) in [5.74, 6) is -0.0564. The summed E-state index contributed by atoms with van der Waals surface area (Å²) in [6, 6.07) is 5.92. The third-order valence-corrected chi connectivity index (χ3v) is 3.22. The van der Waals surface area contributed by atoms with Crippen molar-refractivity contribution in [3.05, 3.63) is 44.6 Å². The molecule has 0 fully saturated rings. The highest BCUT2D eigenvalue weighted by Gasteiger charge is 2.10. The lowest BCUT2D eigenvalue weighted by atomic mass is 10.3. The molecule has 7 heteroatoms. The van der Waals surface area contributed by atoms with E-state index in [1.807, 2.05) is 0 Å². The summed E-state index contributed by atoms with van der Waals surface area (Å²) < 4.78 is 14.3. The van der Waals surface area contributed by atoms with Gasteiger partial charge < -0.3 is 11.1 Å². The molecule has 2 rings (SSSR count). The zero-order chi connectivity index (χ0) is 13.3. The van der Waals surface area contributed by atoms with Gasteiger partial charge in [-0.3, -0.25) is 0 Å². The SMILES string of the molecule is Nc1nc(Nc2cc(Br)ccc2F)c(Cl)cc1Cl. The number of nitrogen functional groups attached to an aromatic ring is 1. The molecule has 3 N–H and O–H groups in total. The van der Waals surface area contributed by atoms with Crippen molar-refractivity contribution in [2.45, 2.75) is 0 Å². The fraction of sp³-hybridized carbons (Fsp3) is 0. The predicted octanol–water partition coefficient (Wildman–Crippen LogP) is 4.62. The Bertz CT molecular complexity index is 607. The summed E-state index contributed by atoms with van der Waals surface area (Å²) in [5.41, 5.74) is 5.80. The highest BCUT2D eigenvalue weighted by atomic mass is 79.9. The molecule has 0 aliphatic heterocycles. The van der Waals surface area contributed by atoms with Crippen LogP contribution in [-0.4, -0.2) is 4.98 Å². The summed E-state index contributed by atoms with van der Waals surface area (Å²) in [4.78, 5) is 3.96. The zero-order valence-electron chi connectivity index (χ0n) is 8.85. The number of rotatable bonds is 2. The Kier molecular flexibility index (Phi) is 3.94. The van der Waals surface area contributed by atoms with Crippen LogP contribution in [0.1, 0.15) is 0 Å². The van der Waals surface area contributed by atoms with Gasteiger partial charge in [-0.05, 0) is 24.3 Å². The molecule has 0 saturated carbocycles. The minimum Gasteiger partial charge on any atom is -0.382 e. The molecule has 0 aliphatic rings. The lowest BCUT2D eigenvalue weighted by Gasteiger charge is -2.10. The average molecular weight is 351 g/mol. The van der Waals surface area contributed by atoms with Crippen LogP contribution in [0.4, 0.5) is 21.7 Å². The van der Waals surface area contributed by atoms with E-state index in [0.29, 0.717) is 0 Å². The van der Waals surface area contributed by atoms with Gasteiger partial charge in [0, 0.05) is 4.47 Å². The highest BCUT2D eigenvalue weighted by Crippen LogP contribution is 2.31. The molecule has 0 spiro atoms. The molecule has 18 heavy (non-hydrogen) atoms. The molecular formula is C11H7BrCl2FN3. The maximum absolute atomic E-state index is 13.6. The van der Waals surface area contributed by atoms with E-state index in [1.165, 1.54) is 12.1 Å². The first-order valence-electron chi connectivity index (χ1n) is 4.81. The van der Waals surface area contributed by atoms with Crippen molar-refractivity contribution in [3.8, 4) is 0 Å². The third-order valence-electron chi connectivity index (χ3n) is 2.14. The van der Waals surface area contributed by atoms with Crippen LogP contribution in [0.15, 0.2) is 28.7 Å². The highest BCUT2D eigenvalue weighted by molar-refractivity contribution is 9.10. The maximum atomic E-state index is 13.6. The minimum atomic E-state index is -0.426. The largest absolute Gasteiger partial charge is 0.382 e. The van der Waals surface area contributed by atoms with Crippen LogP contribution in [0.2, 0.25) is 10.0 Å². The maximum Gasteiger partial charge on any atom is 0.151 e. The topological polar surface area (TPSA) is 50.9 Å². The second-order valence-electron chi connectivity index (χ2n) is 3.44. The Morgan fingerprint density at radius 3 is 2.67 bits per heavy atom. The normalized spacial score (nSPS) is 10.4. The standard InChI is InChI=1S/C11H7BrCl2FN3/c12-5-1-2-8(15)9(3-5)17-11-7(14)4-6(13)10(16)18-11/h1-4H,(H3,16,17,18). The van der Waals surface area contributed by atoms with Gasteiger partial charge in [-0.15, -0.1) is 0 Å². The van der Waals surface area contributed by atoms with Crippen molar-refractivity contribution in [1.82, 2.24) is 4.98 Å². The number of aromatic nitrogens is 1. The Morgan fingerprint density at radius 1 is 1.22 bits per heavy atom. The van der Waals surface area contributed by atoms with Crippen LogP contribution in [-0.2, 0) is 0 Å². The van der Waals surface area contributed by atoms with E-state index < -0.39 is 5.82 Å². The second-order valence-corrected chi connectivity index (χ2v) is 5.17. The summed E-state index contributed by atoms with van der Waals surface area (Å²) in [6.45, 7) is 0. The van der Waals surface area contributed by atoms with E-state index >= 15 is 0 Å². The fourth-order valence-corrected chi connectivity index (χ4v) is 2.06. The number of nitrogens with two attached hydrogens (primary N) is 1. The van der Waals surface area contributed by atoms with Crippen LogP contribution < -0.4 is 11.1 Å². The van der Waals surface area contributed by atoms with E-state index in [4.69, 9.17) is 28.9 Å². The van der Waals surface area contributed by atoms with E-state index in [0.717, 1.165) is 4.47 Å². The molecule has 0 aliphatic carbocycles. The van der Waals surface area contributed by atoms with Crippen molar-refractivity contribution in [3.63, 3.8) is 0 Å². The van der Waals surface area contributed by atoms with Gasteiger partial charge in [0.1, 0.15) is 11.6 Å². The molecule has 1 heterocycles. The van der Waals surface area contributed by atoms with Crippen molar-refractivity contribution in [1.29, 1.82) is 0 Å². The number of hydrogen-bond acceptors (Lipinski definition) is 3. The number of nitrogens with one attached hydrogen (secondary N) is 1. The molecule has 3 nitrogen and oxygen atoms in total. The quantitative estimate of drug-likeness (QED) is 0.831. The molecule has 0 amide bonds.